The van der Waals surface area contributed by atoms with Gasteiger partial charge in [-0.1, -0.05) is 253 Å². The highest BCUT2D eigenvalue weighted by molar-refractivity contribution is 5.71. The Labute approximate surface area is 451 Å². The monoisotopic (exact) mass is 1010 g/mol. The van der Waals surface area contributed by atoms with Gasteiger partial charge >= 0.3 is 17.9 Å². The Bertz CT molecular complexity index is 1440. The molecule has 0 radical (unpaired) electrons. The minimum atomic E-state index is -0.790. The highest BCUT2D eigenvalue weighted by Gasteiger charge is 2.19. The van der Waals surface area contributed by atoms with E-state index < -0.39 is 6.10 Å². The zero-order chi connectivity index (χ0) is 52.9. The van der Waals surface area contributed by atoms with Crippen LogP contribution >= 0.6 is 0 Å². The lowest BCUT2D eigenvalue weighted by Crippen LogP contribution is -2.30. The number of carbonyl (C=O) groups is 3. The zero-order valence-corrected chi connectivity index (χ0v) is 47.9. The van der Waals surface area contributed by atoms with Gasteiger partial charge in [0.15, 0.2) is 6.10 Å². The highest BCUT2D eigenvalue weighted by atomic mass is 16.6. The van der Waals surface area contributed by atoms with E-state index in [9.17, 15) is 14.4 Å². The lowest BCUT2D eigenvalue weighted by atomic mass is 10.1. The van der Waals surface area contributed by atoms with Gasteiger partial charge in [0.25, 0.3) is 0 Å². The molecule has 0 rings (SSSR count). The first kappa shape index (κ1) is 69.3. The molecule has 0 spiro atoms. The number of hydrogen-bond acceptors (Lipinski definition) is 6. The van der Waals surface area contributed by atoms with Crippen LogP contribution in [0.3, 0.4) is 0 Å². The van der Waals surface area contributed by atoms with Gasteiger partial charge in [-0.15, -0.1) is 0 Å². The molecule has 73 heavy (non-hydrogen) atoms. The Balaban J connectivity index is 4.42. The molecule has 0 amide bonds. The third-order valence-electron chi connectivity index (χ3n) is 13.1. The molecular weight excluding hydrogens is 901 g/mol. The van der Waals surface area contributed by atoms with Crippen molar-refractivity contribution in [2.24, 2.45) is 0 Å². The quantitative estimate of drug-likeness (QED) is 0.0261. The Morgan fingerprint density at radius 2 is 0.534 bits per heavy atom. The first-order chi connectivity index (χ1) is 36.0. The molecule has 0 heterocycles. The Morgan fingerprint density at radius 3 is 0.849 bits per heavy atom. The number of carbonyl (C=O) groups excluding carboxylic acids is 3. The summed E-state index contributed by atoms with van der Waals surface area (Å²) < 4.78 is 16.9. The molecule has 6 heteroatoms. The molecule has 0 aromatic rings. The fourth-order valence-electron chi connectivity index (χ4n) is 8.50. The van der Waals surface area contributed by atoms with Gasteiger partial charge in [-0.3, -0.25) is 14.4 Å². The molecule has 0 fully saturated rings. The topological polar surface area (TPSA) is 78.9 Å². The molecule has 1 atom stereocenters. The third-order valence-corrected chi connectivity index (χ3v) is 13.1. The summed E-state index contributed by atoms with van der Waals surface area (Å²) in [6, 6.07) is 0. The number of allylic oxidation sites excluding steroid dienone is 16. The van der Waals surface area contributed by atoms with E-state index >= 15 is 0 Å². The van der Waals surface area contributed by atoms with Crippen LogP contribution in [0.5, 0.6) is 0 Å². The summed E-state index contributed by atoms with van der Waals surface area (Å²) in [6.07, 6.45) is 81.1. The van der Waals surface area contributed by atoms with Crippen LogP contribution in [-0.4, -0.2) is 37.2 Å². The summed E-state index contributed by atoms with van der Waals surface area (Å²) in [5.41, 5.74) is 0. The molecule has 0 N–H and O–H groups in total. The van der Waals surface area contributed by atoms with Crippen molar-refractivity contribution < 1.29 is 28.6 Å². The van der Waals surface area contributed by atoms with Crippen molar-refractivity contribution in [3.63, 3.8) is 0 Å². The highest BCUT2D eigenvalue weighted by Crippen LogP contribution is 2.15. The normalized spacial score (nSPS) is 12.8. The smallest absolute Gasteiger partial charge is 0.306 e. The van der Waals surface area contributed by atoms with Crippen molar-refractivity contribution in [2.45, 2.75) is 297 Å². The van der Waals surface area contributed by atoms with Crippen LogP contribution in [0.4, 0.5) is 0 Å². The molecule has 0 bridgehead atoms. The van der Waals surface area contributed by atoms with Crippen molar-refractivity contribution >= 4 is 17.9 Å². The number of ether oxygens (including phenoxy) is 3. The minimum absolute atomic E-state index is 0.0863. The SMILES string of the molecule is CC/C=C\C/C=C\C/C=C\C/C=C\CCCCCCCCC(=O)OCC(COC(=O)CCCCCCCCC/C=C\CCCCCCCC)OC(=O)CCCCCCCCCCC/C=C\C/C=C\C/C=C\CC. The Kier molecular flexibility index (Phi) is 57.8. The largest absolute Gasteiger partial charge is 0.462 e. The van der Waals surface area contributed by atoms with Crippen LogP contribution in [0.1, 0.15) is 290 Å². The molecule has 0 aromatic heterocycles. The summed E-state index contributed by atoms with van der Waals surface area (Å²) in [4.78, 5) is 38.3. The van der Waals surface area contributed by atoms with E-state index in [4.69, 9.17) is 14.2 Å². The van der Waals surface area contributed by atoms with E-state index in [0.29, 0.717) is 19.3 Å². The first-order valence-electron chi connectivity index (χ1n) is 30.7. The third kappa shape index (κ3) is 59.1. The van der Waals surface area contributed by atoms with E-state index in [1.807, 2.05) is 0 Å². The molecule has 0 aliphatic rings. The number of unbranched alkanes of at least 4 members (excludes halogenated alkanes) is 28. The average Bonchev–Trinajstić information content (AvgIpc) is 3.39. The molecule has 418 valence electrons. The minimum Gasteiger partial charge on any atom is -0.462 e. The van der Waals surface area contributed by atoms with Crippen LogP contribution in [0.15, 0.2) is 97.2 Å². The fourth-order valence-corrected chi connectivity index (χ4v) is 8.50. The van der Waals surface area contributed by atoms with Gasteiger partial charge in [0.1, 0.15) is 13.2 Å². The summed E-state index contributed by atoms with van der Waals surface area (Å²) in [7, 11) is 0. The average molecular weight is 1020 g/mol. The van der Waals surface area contributed by atoms with Crippen LogP contribution in [0, 0.1) is 0 Å². The van der Waals surface area contributed by atoms with E-state index in [0.717, 1.165) is 109 Å². The predicted octanol–water partition coefficient (Wildman–Crippen LogP) is 20.9. The van der Waals surface area contributed by atoms with Gasteiger partial charge in [-0.05, 0) is 116 Å². The van der Waals surface area contributed by atoms with Crippen LogP contribution in [-0.2, 0) is 28.6 Å². The first-order valence-corrected chi connectivity index (χ1v) is 30.7. The second-order valence-electron chi connectivity index (χ2n) is 20.2. The molecular formula is C67H114O6. The molecule has 0 saturated heterocycles. The van der Waals surface area contributed by atoms with Gasteiger partial charge in [0.05, 0.1) is 0 Å². The van der Waals surface area contributed by atoms with Crippen LogP contribution in [0.25, 0.3) is 0 Å². The number of hydrogen-bond donors (Lipinski definition) is 0. The van der Waals surface area contributed by atoms with Crippen molar-refractivity contribution in [3.05, 3.63) is 97.2 Å². The van der Waals surface area contributed by atoms with Gasteiger partial charge in [0, 0.05) is 19.3 Å². The Hall–Kier alpha value is -3.67. The standard InChI is InChI=1S/C67H114O6/c1-4-7-10-13-16-19-22-25-28-31-33-36-39-42-45-48-51-54-57-60-66(69)72-63-64(62-71-65(68)59-56-53-50-47-44-41-38-35-30-27-24-21-18-15-12-9-6-3)73-67(70)61-58-55-52-49-46-43-40-37-34-32-29-26-23-20-17-14-11-8-5-2/h7-8,10-11,16-17,19-20,25-30,33,36,64H,4-6,9,12-15,18,21-24,31-32,34-35,37-63H2,1-3H3/b10-7-,11-8-,19-16-,20-17-,28-25-,29-26-,30-27-,36-33-. The molecule has 6 nitrogen and oxygen atoms in total. The van der Waals surface area contributed by atoms with Gasteiger partial charge in [-0.25, -0.2) is 0 Å². The van der Waals surface area contributed by atoms with E-state index in [1.165, 1.54) is 141 Å². The van der Waals surface area contributed by atoms with Crippen molar-refractivity contribution in [2.75, 3.05) is 13.2 Å². The maximum Gasteiger partial charge on any atom is 0.306 e. The number of rotatable bonds is 55. The van der Waals surface area contributed by atoms with Gasteiger partial charge in [0.2, 0.25) is 0 Å². The molecule has 0 aliphatic carbocycles. The van der Waals surface area contributed by atoms with Crippen molar-refractivity contribution in [1.29, 1.82) is 0 Å². The van der Waals surface area contributed by atoms with Crippen LogP contribution in [0.2, 0.25) is 0 Å². The van der Waals surface area contributed by atoms with E-state index in [-0.39, 0.29) is 31.1 Å². The molecule has 0 saturated carbocycles. The van der Waals surface area contributed by atoms with E-state index in [1.54, 1.807) is 0 Å². The lowest BCUT2D eigenvalue weighted by Gasteiger charge is -2.18. The summed E-state index contributed by atoms with van der Waals surface area (Å²) in [6.45, 7) is 6.42. The molecule has 0 aliphatic heterocycles. The maximum absolute atomic E-state index is 12.9. The van der Waals surface area contributed by atoms with Crippen LogP contribution < -0.4 is 0 Å². The maximum atomic E-state index is 12.9. The lowest BCUT2D eigenvalue weighted by molar-refractivity contribution is -0.167. The fraction of sp³-hybridized carbons (Fsp3) is 0.716. The Morgan fingerprint density at radius 1 is 0.288 bits per heavy atom. The number of esters is 3. The second kappa shape index (κ2) is 60.9. The van der Waals surface area contributed by atoms with Crippen molar-refractivity contribution in [3.8, 4) is 0 Å². The summed E-state index contributed by atoms with van der Waals surface area (Å²) in [5.74, 6) is -0.902. The van der Waals surface area contributed by atoms with E-state index in [2.05, 4.69) is 118 Å². The van der Waals surface area contributed by atoms with Crippen molar-refractivity contribution in [1.82, 2.24) is 0 Å². The summed E-state index contributed by atoms with van der Waals surface area (Å²) in [5, 5.41) is 0. The van der Waals surface area contributed by atoms with Gasteiger partial charge in [-0.2, -0.15) is 0 Å². The predicted molar refractivity (Wildman–Crippen MR) is 316 cm³/mol. The summed E-state index contributed by atoms with van der Waals surface area (Å²) >= 11 is 0. The molecule has 0 aromatic carbocycles. The van der Waals surface area contributed by atoms with Gasteiger partial charge < -0.3 is 14.2 Å². The second-order valence-corrected chi connectivity index (χ2v) is 20.2. The molecule has 1 unspecified atom stereocenters. The zero-order valence-electron chi connectivity index (χ0n) is 47.9.